The molecule has 74 valence electrons. The van der Waals surface area contributed by atoms with Crippen LogP contribution in [0.5, 0.6) is 11.5 Å². The molecule has 0 radical (unpaired) electrons. The number of ether oxygens (including phenoxy) is 2. The molecule has 2 rings (SSSR count). The normalized spacial score (nSPS) is 14.6. The van der Waals surface area contributed by atoms with Crippen molar-refractivity contribution in [2.24, 2.45) is 5.73 Å². The summed E-state index contributed by atoms with van der Waals surface area (Å²) in [5, 5.41) is 0. The van der Waals surface area contributed by atoms with Crippen LogP contribution in [0.3, 0.4) is 0 Å². The van der Waals surface area contributed by atoms with Gasteiger partial charge in [0, 0.05) is 6.54 Å². The van der Waals surface area contributed by atoms with Crippen LogP contribution in [-0.4, -0.2) is 13.3 Å². The fourth-order valence-corrected chi connectivity index (χ4v) is 1.44. The Bertz CT molecular complexity index is 372. The Hall–Kier alpha value is -1.48. The SMILES string of the molecule is CC(=CCN)c1ccc2c(c1)OCO2. The second-order valence-corrected chi connectivity index (χ2v) is 3.19. The number of allylic oxidation sites excluding steroid dienone is 1. The molecule has 0 unspecified atom stereocenters. The van der Waals surface area contributed by atoms with E-state index >= 15 is 0 Å². The molecule has 0 amide bonds. The Morgan fingerprint density at radius 1 is 1.43 bits per heavy atom. The summed E-state index contributed by atoms with van der Waals surface area (Å²) in [5.74, 6) is 1.63. The number of benzene rings is 1. The largest absolute Gasteiger partial charge is 0.454 e. The zero-order valence-corrected chi connectivity index (χ0v) is 8.12. The molecule has 0 aliphatic carbocycles. The van der Waals surface area contributed by atoms with E-state index in [0.717, 1.165) is 22.6 Å². The molecule has 1 aromatic carbocycles. The van der Waals surface area contributed by atoms with Crippen molar-refractivity contribution in [2.75, 3.05) is 13.3 Å². The first-order valence-corrected chi connectivity index (χ1v) is 4.58. The van der Waals surface area contributed by atoms with Crippen molar-refractivity contribution in [1.29, 1.82) is 0 Å². The average molecular weight is 191 g/mol. The highest BCUT2D eigenvalue weighted by Gasteiger charge is 2.13. The van der Waals surface area contributed by atoms with Gasteiger partial charge in [-0.2, -0.15) is 0 Å². The van der Waals surface area contributed by atoms with E-state index in [4.69, 9.17) is 15.2 Å². The summed E-state index contributed by atoms with van der Waals surface area (Å²) in [6.07, 6.45) is 1.98. The third kappa shape index (κ3) is 1.59. The molecule has 3 heteroatoms. The lowest BCUT2D eigenvalue weighted by Gasteiger charge is -2.02. The molecule has 14 heavy (non-hydrogen) atoms. The van der Waals surface area contributed by atoms with Crippen molar-refractivity contribution in [3.05, 3.63) is 29.8 Å². The molecular formula is C11H13NO2. The Labute approximate surface area is 83.1 Å². The fourth-order valence-electron chi connectivity index (χ4n) is 1.44. The van der Waals surface area contributed by atoms with E-state index in [1.165, 1.54) is 0 Å². The molecule has 0 atom stereocenters. The van der Waals surface area contributed by atoms with E-state index in [-0.39, 0.29) is 0 Å². The number of hydrogen-bond acceptors (Lipinski definition) is 3. The molecule has 0 aromatic heterocycles. The quantitative estimate of drug-likeness (QED) is 0.774. The Balaban J connectivity index is 2.33. The third-order valence-corrected chi connectivity index (χ3v) is 2.25. The minimum atomic E-state index is 0.318. The Morgan fingerprint density at radius 2 is 2.21 bits per heavy atom. The maximum atomic E-state index is 5.45. The van der Waals surface area contributed by atoms with Gasteiger partial charge in [0.05, 0.1) is 0 Å². The lowest BCUT2D eigenvalue weighted by Crippen LogP contribution is -1.94. The van der Waals surface area contributed by atoms with Gasteiger partial charge in [-0.25, -0.2) is 0 Å². The summed E-state index contributed by atoms with van der Waals surface area (Å²) >= 11 is 0. The fraction of sp³-hybridized carbons (Fsp3) is 0.273. The van der Waals surface area contributed by atoms with Crippen LogP contribution in [0.15, 0.2) is 24.3 Å². The standard InChI is InChI=1S/C11H13NO2/c1-8(4-5-12)9-2-3-10-11(6-9)14-7-13-10/h2-4,6H,5,7,12H2,1H3. The summed E-state index contributed by atoms with van der Waals surface area (Å²) in [5.41, 5.74) is 7.73. The monoisotopic (exact) mass is 191 g/mol. The minimum absolute atomic E-state index is 0.318. The van der Waals surface area contributed by atoms with Gasteiger partial charge < -0.3 is 15.2 Å². The van der Waals surface area contributed by atoms with E-state index in [1.807, 2.05) is 31.2 Å². The van der Waals surface area contributed by atoms with Crippen molar-refractivity contribution in [1.82, 2.24) is 0 Å². The van der Waals surface area contributed by atoms with E-state index in [1.54, 1.807) is 0 Å². The second-order valence-electron chi connectivity index (χ2n) is 3.19. The van der Waals surface area contributed by atoms with Gasteiger partial charge in [-0.05, 0) is 30.2 Å². The van der Waals surface area contributed by atoms with Crippen LogP contribution in [-0.2, 0) is 0 Å². The number of hydrogen-bond donors (Lipinski definition) is 1. The summed E-state index contributed by atoms with van der Waals surface area (Å²) < 4.78 is 10.5. The predicted molar refractivity (Wildman–Crippen MR) is 55.3 cm³/mol. The number of fused-ring (bicyclic) bond motifs is 1. The zero-order valence-electron chi connectivity index (χ0n) is 8.12. The number of rotatable bonds is 2. The highest BCUT2D eigenvalue weighted by atomic mass is 16.7. The predicted octanol–water partition coefficient (Wildman–Crippen LogP) is 1.78. The van der Waals surface area contributed by atoms with E-state index < -0.39 is 0 Å². The molecule has 3 nitrogen and oxygen atoms in total. The first-order valence-electron chi connectivity index (χ1n) is 4.58. The van der Waals surface area contributed by atoms with Crippen LogP contribution in [0.2, 0.25) is 0 Å². The van der Waals surface area contributed by atoms with Gasteiger partial charge in [-0.15, -0.1) is 0 Å². The second kappa shape index (κ2) is 3.72. The van der Waals surface area contributed by atoms with Crippen molar-refractivity contribution >= 4 is 5.57 Å². The van der Waals surface area contributed by atoms with Crippen molar-refractivity contribution in [3.63, 3.8) is 0 Å². The van der Waals surface area contributed by atoms with Gasteiger partial charge >= 0.3 is 0 Å². The molecule has 0 fully saturated rings. The van der Waals surface area contributed by atoms with Crippen LogP contribution in [0, 0.1) is 0 Å². The molecule has 0 bridgehead atoms. The highest BCUT2D eigenvalue weighted by Crippen LogP contribution is 2.34. The molecule has 1 aliphatic heterocycles. The summed E-state index contributed by atoms with van der Waals surface area (Å²) in [4.78, 5) is 0. The summed E-state index contributed by atoms with van der Waals surface area (Å²) in [7, 11) is 0. The molecule has 0 spiro atoms. The van der Waals surface area contributed by atoms with Crippen LogP contribution in [0.1, 0.15) is 12.5 Å². The zero-order chi connectivity index (χ0) is 9.97. The van der Waals surface area contributed by atoms with E-state index in [2.05, 4.69) is 0 Å². The van der Waals surface area contributed by atoms with Gasteiger partial charge in [-0.1, -0.05) is 12.1 Å². The van der Waals surface area contributed by atoms with Gasteiger partial charge in [0.1, 0.15) is 0 Å². The third-order valence-electron chi connectivity index (χ3n) is 2.25. The molecule has 0 saturated carbocycles. The van der Waals surface area contributed by atoms with Crippen LogP contribution in [0.4, 0.5) is 0 Å². The molecular weight excluding hydrogens is 178 g/mol. The molecule has 1 heterocycles. The average Bonchev–Trinajstić information content (AvgIpc) is 2.64. The van der Waals surface area contributed by atoms with E-state index in [0.29, 0.717) is 13.3 Å². The Kier molecular flexibility index (Phi) is 2.41. The Morgan fingerprint density at radius 3 is 3.00 bits per heavy atom. The first kappa shape index (κ1) is 9.09. The topological polar surface area (TPSA) is 44.5 Å². The van der Waals surface area contributed by atoms with Crippen molar-refractivity contribution in [3.8, 4) is 11.5 Å². The van der Waals surface area contributed by atoms with E-state index in [9.17, 15) is 0 Å². The highest BCUT2D eigenvalue weighted by molar-refractivity contribution is 5.66. The maximum absolute atomic E-state index is 5.45. The van der Waals surface area contributed by atoms with Crippen molar-refractivity contribution < 1.29 is 9.47 Å². The molecule has 2 N–H and O–H groups in total. The summed E-state index contributed by atoms with van der Waals surface area (Å²) in [6.45, 7) is 2.91. The minimum Gasteiger partial charge on any atom is -0.454 e. The molecule has 1 aromatic rings. The van der Waals surface area contributed by atoms with Crippen LogP contribution in [0.25, 0.3) is 5.57 Å². The molecule has 0 saturated heterocycles. The van der Waals surface area contributed by atoms with Crippen LogP contribution >= 0.6 is 0 Å². The van der Waals surface area contributed by atoms with Gasteiger partial charge in [0.2, 0.25) is 6.79 Å². The number of nitrogens with two attached hydrogens (primary N) is 1. The van der Waals surface area contributed by atoms with Gasteiger partial charge in [0.25, 0.3) is 0 Å². The van der Waals surface area contributed by atoms with Gasteiger partial charge in [-0.3, -0.25) is 0 Å². The molecule has 1 aliphatic rings. The first-order chi connectivity index (χ1) is 6.81. The van der Waals surface area contributed by atoms with Gasteiger partial charge in [0.15, 0.2) is 11.5 Å². The lowest BCUT2D eigenvalue weighted by atomic mass is 10.1. The maximum Gasteiger partial charge on any atom is 0.231 e. The summed E-state index contributed by atoms with van der Waals surface area (Å²) in [6, 6.07) is 5.91. The lowest BCUT2D eigenvalue weighted by molar-refractivity contribution is 0.174. The smallest absolute Gasteiger partial charge is 0.231 e. The van der Waals surface area contributed by atoms with Crippen LogP contribution < -0.4 is 15.2 Å². The van der Waals surface area contributed by atoms with Crippen molar-refractivity contribution in [2.45, 2.75) is 6.92 Å².